The van der Waals surface area contributed by atoms with Gasteiger partial charge >= 0.3 is 0 Å². The topological polar surface area (TPSA) is 58.3 Å². The van der Waals surface area contributed by atoms with E-state index in [9.17, 15) is 0 Å². The van der Waals surface area contributed by atoms with Crippen molar-refractivity contribution in [3.63, 3.8) is 0 Å². The number of nitrogen functional groups attached to an aromatic ring is 1. The molecule has 5 nitrogen and oxygen atoms in total. The van der Waals surface area contributed by atoms with Crippen LogP contribution in [0.15, 0.2) is 10.7 Å². The number of halogens is 1. The summed E-state index contributed by atoms with van der Waals surface area (Å²) < 4.78 is 0.933. The first-order valence-corrected chi connectivity index (χ1v) is 7.30. The quantitative estimate of drug-likeness (QED) is 0.851. The highest BCUT2D eigenvalue weighted by molar-refractivity contribution is 9.10. The molecule has 0 aromatic carbocycles. The molecular weight excluding hydrogens is 294 g/mol. The maximum Gasteiger partial charge on any atom is 0.222 e. The second-order valence-electron chi connectivity index (χ2n) is 5.03. The molecular formula is C12H18BrN5. The lowest BCUT2D eigenvalue weighted by atomic mass is 10.2. The van der Waals surface area contributed by atoms with E-state index in [1.165, 1.54) is 32.4 Å². The second-order valence-corrected chi connectivity index (χ2v) is 5.89. The minimum atomic E-state index is 0.348. The van der Waals surface area contributed by atoms with E-state index >= 15 is 0 Å². The third kappa shape index (κ3) is 2.31. The van der Waals surface area contributed by atoms with Crippen LogP contribution >= 0.6 is 15.9 Å². The summed E-state index contributed by atoms with van der Waals surface area (Å²) in [6.07, 6.45) is 5.56. The van der Waals surface area contributed by atoms with Crippen molar-refractivity contribution in [3.8, 4) is 0 Å². The summed E-state index contributed by atoms with van der Waals surface area (Å²) >= 11 is 3.53. The van der Waals surface area contributed by atoms with E-state index in [4.69, 9.17) is 5.73 Å². The molecule has 0 saturated carbocycles. The molecule has 3 rings (SSSR count). The summed E-state index contributed by atoms with van der Waals surface area (Å²) in [5.41, 5.74) is 5.70. The molecule has 0 amide bonds. The zero-order chi connectivity index (χ0) is 12.5. The van der Waals surface area contributed by atoms with Gasteiger partial charge in [-0.1, -0.05) is 0 Å². The van der Waals surface area contributed by atoms with E-state index in [2.05, 4.69) is 35.7 Å². The second kappa shape index (κ2) is 5.01. The first kappa shape index (κ1) is 12.2. The third-order valence-corrected chi connectivity index (χ3v) is 4.41. The number of aromatic nitrogens is 2. The van der Waals surface area contributed by atoms with Crippen molar-refractivity contribution in [1.82, 2.24) is 14.9 Å². The molecule has 0 spiro atoms. The maximum absolute atomic E-state index is 5.70. The largest absolute Gasteiger partial charge is 0.368 e. The number of nitrogens with two attached hydrogens (primary N) is 1. The Bertz CT molecular complexity index is 438. The van der Waals surface area contributed by atoms with Crippen molar-refractivity contribution in [2.75, 3.05) is 36.8 Å². The minimum absolute atomic E-state index is 0.348. The number of hydrogen-bond acceptors (Lipinski definition) is 5. The maximum atomic E-state index is 5.70. The van der Waals surface area contributed by atoms with E-state index in [-0.39, 0.29) is 0 Å². The Morgan fingerprint density at radius 1 is 1.28 bits per heavy atom. The van der Waals surface area contributed by atoms with Crippen LogP contribution in [0.3, 0.4) is 0 Å². The van der Waals surface area contributed by atoms with Crippen molar-refractivity contribution < 1.29 is 0 Å². The Kier molecular flexibility index (Phi) is 3.39. The summed E-state index contributed by atoms with van der Waals surface area (Å²) in [6, 6.07) is 0.676. The standard InChI is InChI=1S/C12H18BrN5/c13-10-7-15-12(14)16-11(10)18-6-2-5-17-4-1-3-9(17)8-18/h7,9H,1-6,8H2,(H2,14,15,16). The SMILES string of the molecule is Nc1ncc(Br)c(N2CCCN3CCCC3C2)n1. The van der Waals surface area contributed by atoms with Crippen molar-refractivity contribution in [2.45, 2.75) is 25.3 Å². The van der Waals surface area contributed by atoms with Gasteiger partial charge in [0.15, 0.2) is 0 Å². The lowest BCUT2D eigenvalue weighted by molar-refractivity contribution is 0.273. The van der Waals surface area contributed by atoms with Crippen LogP contribution in [0.5, 0.6) is 0 Å². The molecule has 0 radical (unpaired) electrons. The van der Waals surface area contributed by atoms with Gasteiger partial charge < -0.3 is 10.6 Å². The molecule has 2 N–H and O–H groups in total. The predicted octanol–water partition coefficient (Wildman–Crippen LogP) is 1.50. The Labute approximate surface area is 116 Å². The lowest BCUT2D eigenvalue weighted by Gasteiger charge is -2.27. The third-order valence-electron chi connectivity index (χ3n) is 3.85. The van der Waals surface area contributed by atoms with Crippen molar-refractivity contribution in [2.24, 2.45) is 0 Å². The molecule has 0 aliphatic carbocycles. The summed E-state index contributed by atoms with van der Waals surface area (Å²) in [5, 5.41) is 0. The number of fused-ring (bicyclic) bond motifs is 1. The molecule has 1 aromatic heterocycles. The molecule has 2 aliphatic rings. The van der Waals surface area contributed by atoms with Gasteiger partial charge in [-0.05, 0) is 41.7 Å². The van der Waals surface area contributed by atoms with Gasteiger partial charge in [-0.2, -0.15) is 4.98 Å². The average Bonchev–Trinajstić information content (AvgIpc) is 2.70. The van der Waals surface area contributed by atoms with Gasteiger partial charge in [0, 0.05) is 31.9 Å². The molecule has 2 aliphatic heterocycles. The highest BCUT2D eigenvalue weighted by atomic mass is 79.9. The highest BCUT2D eigenvalue weighted by Gasteiger charge is 2.29. The molecule has 18 heavy (non-hydrogen) atoms. The predicted molar refractivity (Wildman–Crippen MR) is 75.6 cm³/mol. The van der Waals surface area contributed by atoms with Gasteiger partial charge in [-0.25, -0.2) is 4.98 Å². The van der Waals surface area contributed by atoms with E-state index in [0.717, 1.165) is 23.4 Å². The van der Waals surface area contributed by atoms with Gasteiger partial charge in [-0.3, -0.25) is 4.90 Å². The fourth-order valence-electron chi connectivity index (χ4n) is 2.99. The number of anilines is 2. The highest BCUT2D eigenvalue weighted by Crippen LogP contribution is 2.28. The molecule has 0 bridgehead atoms. The molecule has 2 fully saturated rings. The summed E-state index contributed by atoms with van der Waals surface area (Å²) in [7, 11) is 0. The van der Waals surface area contributed by atoms with Crippen molar-refractivity contribution in [1.29, 1.82) is 0 Å². The van der Waals surface area contributed by atoms with Gasteiger partial charge in [0.25, 0.3) is 0 Å². The van der Waals surface area contributed by atoms with Gasteiger partial charge in [0.05, 0.1) is 4.47 Å². The summed E-state index contributed by atoms with van der Waals surface area (Å²) in [4.78, 5) is 13.3. The Balaban J connectivity index is 1.84. The summed E-state index contributed by atoms with van der Waals surface area (Å²) in [5.74, 6) is 1.29. The van der Waals surface area contributed by atoms with E-state index in [1.807, 2.05) is 0 Å². The first-order valence-electron chi connectivity index (χ1n) is 6.51. The van der Waals surface area contributed by atoms with Crippen LogP contribution < -0.4 is 10.6 Å². The van der Waals surface area contributed by atoms with E-state index in [1.54, 1.807) is 6.20 Å². The fourth-order valence-corrected chi connectivity index (χ4v) is 3.43. The smallest absolute Gasteiger partial charge is 0.222 e. The van der Waals surface area contributed by atoms with Crippen molar-refractivity contribution in [3.05, 3.63) is 10.7 Å². The van der Waals surface area contributed by atoms with Crippen LogP contribution in [0, 0.1) is 0 Å². The number of hydrogen-bond donors (Lipinski definition) is 1. The Morgan fingerprint density at radius 3 is 3.00 bits per heavy atom. The van der Waals surface area contributed by atoms with Crippen LogP contribution in [0.2, 0.25) is 0 Å². The molecule has 98 valence electrons. The van der Waals surface area contributed by atoms with Gasteiger partial charge in [0.1, 0.15) is 5.82 Å². The summed E-state index contributed by atoms with van der Waals surface area (Å²) in [6.45, 7) is 4.56. The lowest BCUT2D eigenvalue weighted by Crippen LogP contribution is -2.37. The molecule has 3 heterocycles. The Hall–Kier alpha value is -0.880. The van der Waals surface area contributed by atoms with Crippen LogP contribution in [-0.4, -0.2) is 47.1 Å². The van der Waals surface area contributed by atoms with Crippen LogP contribution in [0.25, 0.3) is 0 Å². The Morgan fingerprint density at radius 2 is 2.11 bits per heavy atom. The van der Waals surface area contributed by atoms with Crippen LogP contribution in [-0.2, 0) is 0 Å². The molecule has 2 saturated heterocycles. The molecule has 6 heteroatoms. The van der Waals surface area contributed by atoms with Gasteiger partial charge in [-0.15, -0.1) is 0 Å². The fraction of sp³-hybridized carbons (Fsp3) is 0.667. The average molecular weight is 312 g/mol. The van der Waals surface area contributed by atoms with Crippen LogP contribution in [0.4, 0.5) is 11.8 Å². The molecule has 1 atom stereocenters. The molecule has 1 unspecified atom stereocenters. The zero-order valence-corrected chi connectivity index (χ0v) is 11.9. The zero-order valence-electron chi connectivity index (χ0n) is 10.3. The number of rotatable bonds is 1. The normalized spacial score (nSPS) is 24.9. The minimum Gasteiger partial charge on any atom is -0.368 e. The molecule has 1 aromatic rings. The van der Waals surface area contributed by atoms with E-state index in [0.29, 0.717) is 12.0 Å². The number of nitrogens with zero attached hydrogens (tertiary/aromatic N) is 4. The monoisotopic (exact) mass is 311 g/mol. The van der Waals surface area contributed by atoms with E-state index < -0.39 is 0 Å². The first-order chi connectivity index (χ1) is 8.74. The van der Waals surface area contributed by atoms with Crippen LogP contribution in [0.1, 0.15) is 19.3 Å². The van der Waals surface area contributed by atoms with Gasteiger partial charge in [0.2, 0.25) is 5.95 Å². The van der Waals surface area contributed by atoms with Crippen molar-refractivity contribution >= 4 is 27.7 Å².